The highest BCUT2D eigenvalue weighted by Gasteiger charge is 2.19. The fraction of sp³-hybridized carbons (Fsp3) is 0.214. The van der Waals surface area contributed by atoms with Crippen molar-refractivity contribution in [3.05, 3.63) is 47.3 Å². The smallest absolute Gasteiger partial charge is 0.262 e. The molecule has 1 heterocycles. The van der Waals surface area contributed by atoms with Crippen LogP contribution in [0.2, 0.25) is 0 Å². The molecule has 0 aliphatic heterocycles. The van der Waals surface area contributed by atoms with Gasteiger partial charge in [0.2, 0.25) is 0 Å². The number of benzene rings is 1. The van der Waals surface area contributed by atoms with Crippen molar-refractivity contribution in [3.63, 3.8) is 0 Å². The molecule has 0 atom stereocenters. The lowest BCUT2D eigenvalue weighted by Gasteiger charge is -2.13. The number of pyridine rings is 1. The van der Waals surface area contributed by atoms with Crippen molar-refractivity contribution < 1.29 is 8.42 Å². The molecule has 6 heteroatoms. The predicted molar refractivity (Wildman–Crippen MR) is 80.1 cm³/mol. The van der Waals surface area contributed by atoms with Crippen LogP contribution >= 0.6 is 0 Å². The highest BCUT2D eigenvalue weighted by molar-refractivity contribution is 7.92. The lowest BCUT2D eigenvalue weighted by atomic mass is 10.1. The van der Waals surface area contributed by atoms with Gasteiger partial charge in [-0.05, 0) is 56.2 Å². The first-order valence-electron chi connectivity index (χ1n) is 6.12. The SMILES string of the molecule is Cc1cc(N)c(C)c(S(=O)(=O)Nc2ccnc(C)c2)c1. The summed E-state index contributed by atoms with van der Waals surface area (Å²) in [4.78, 5) is 4.23. The van der Waals surface area contributed by atoms with Crippen LogP contribution in [0.4, 0.5) is 11.4 Å². The van der Waals surface area contributed by atoms with Gasteiger partial charge >= 0.3 is 0 Å². The number of rotatable bonds is 3. The Morgan fingerprint density at radius 1 is 1.15 bits per heavy atom. The van der Waals surface area contributed by atoms with Crippen LogP contribution in [0.15, 0.2) is 35.4 Å². The second-order valence-corrected chi connectivity index (χ2v) is 6.42. The third kappa shape index (κ3) is 2.91. The summed E-state index contributed by atoms with van der Waals surface area (Å²) >= 11 is 0. The van der Waals surface area contributed by atoms with E-state index in [0.717, 1.165) is 11.3 Å². The van der Waals surface area contributed by atoms with Gasteiger partial charge < -0.3 is 5.73 Å². The third-order valence-electron chi connectivity index (χ3n) is 2.98. The van der Waals surface area contributed by atoms with Crippen LogP contribution in [0.3, 0.4) is 0 Å². The van der Waals surface area contributed by atoms with E-state index in [-0.39, 0.29) is 4.90 Å². The fourth-order valence-electron chi connectivity index (χ4n) is 1.95. The number of anilines is 2. The molecule has 1 aromatic carbocycles. The Balaban J connectivity index is 2.46. The van der Waals surface area contributed by atoms with Crippen molar-refractivity contribution in [2.24, 2.45) is 0 Å². The monoisotopic (exact) mass is 291 g/mol. The van der Waals surface area contributed by atoms with E-state index >= 15 is 0 Å². The van der Waals surface area contributed by atoms with Gasteiger partial charge in [-0.1, -0.05) is 0 Å². The standard InChI is InChI=1S/C14H17N3O2S/c1-9-6-13(15)11(3)14(7-9)20(18,19)17-12-4-5-16-10(2)8-12/h4-8H,15H2,1-3H3,(H,16,17). The Kier molecular flexibility index (Phi) is 3.67. The molecule has 0 bridgehead atoms. The molecule has 2 rings (SSSR count). The van der Waals surface area contributed by atoms with E-state index in [0.29, 0.717) is 16.9 Å². The van der Waals surface area contributed by atoms with Crippen molar-refractivity contribution in [2.45, 2.75) is 25.7 Å². The van der Waals surface area contributed by atoms with Crippen LogP contribution in [0, 0.1) is 20.8 Å². The molecular formula is C14H17N3O2S. The molecule has 0 radical (unpaired) electrons. The number of aryl methyl sites for hydroxylation is 2. The Hall–Kier alpha value is -2.08. The minimum Gasteiger partial charge on any atom is -0.398 e. The van der Waals surface area contributed by atoms with Crippen LogP contribution in [0.1, 0.15) is 16.8 Å². The molecule has 0 saturated heterocycles. The first-order valence-corrected chi connectivity index (χ1v) is 7.60. The summed E-state index contributed by atoms with van der Waals surface area (Å²) in [5, 5.41) is 0. The molecule has 20 heavy (non-hydrogen) atoms. The molecule has 0 unspecified atom stereocenters. The van der Waals surface area contributed by atoms with Crippen molar-refractivity contribution in [1.29, 1.82) is 0 Å². The molecule has 5 nitrogen and oxygen atoms in total. The lowest BCUT2D eigenvalue weighted by Crippen LogP contribution is -2.15. The zero-order valence-corrected chi connectivity index (χ0v) is 12.5. The molecule has 1 aromatic heterocycles. The number of aromatic nitrogens is 1. The van der Waals surface area contributed by atoms with E-state index in [9.17, 15) is 8.42 Å². The van der Waals surface area contributed by atoms with Gasteiger partial charge in [-0.2, -0.15) is 0 Å². The number of hydrogen-bond donors (Lipinski definition) is 2. The van der Waals surface area contributed by atoms with E-state index in [2.05, 4.69) is 9.71 Å². The largest absolute Gasteiger partial charge is 0.398 e. The van der Waals surface area contributed by atoms with Gasteiger partial charge in [-0.25, -0.2) is 8.42 Å². The summed E-state index contributed by atoms with van der Waals surface area (Å²) in [5.41, 5.74) is 8.88. The first-order chi connectivity index (χ1) is 9.29. The highest BCUT2D eigenvalue weighted by Crippen LogP contribution is 2.25. The van der Waals surface area contributed by atoms with E-state index < -0.39 is 10.0 Å². The van der Waals surface area contributed by atoms with Crippen LogP contribution in [-0.4, -0.2) is 13.4 Å². The van der Waals surface area contributed by atoms with Crippen LogP contribution in [-0.2, 0) is 10.0 Å². The Labute approximate surface area is 118 Å². The summed E-state index contributed by atoms with van der Waals surface area (Å²) in [5.74, 6) is 0. The van der Waals surface area contributed by atoms with Gasteiger partial charge in [-0.3, -0.25) is 9.71 Å². The lowest BCUT2D eigenvalue weighted by molar-refractivity contribution is 0.600. The maximum absolute atomic E-state index is 12.5. The molecule has 3 N–H and O–H groups in total. The van der Waals surface area contributed by atoms with Gasteiger partial charge in [0.15, 0.2) is 0 Å². The summed E-state index contributed by atoms with van der Waals surface area (Å²) in [6, 6.07) is 6.65. The Morgan fingerprint density at radius 2 is 1.85 bits per heavy atom. The van der Waals surface area contributed by atoms with Crippen molar-refractivity contribution >= 4 is 21.4 Å². The quantitative estimate of drug-likeness (QED) is 0.850. The topological polar surface area (TPSA) is 85.1 Å². The molecular weight excluding hydrogens is 274 g/mol. The number of nitrogens with one attached hydrogen (secondary N) is 1. The zero-order chi connectivity index (χ0) is 14.9. The Morgan fingerprint density at radius 3 is 2.50 bits per heavy atom. The summed E-state index contributed by atoms with van der Waals surface area (Å²) in [7, 11) is -3.66. The molecule has 0 aliphatic carbocycles. The molecule has 0 aliphatic rings. The summed E-state index contributed by atoms with van der Waals surface area (Å²) in [6.07, 6.45) is 1.56. The minimum absolute atomic E-state index is 0.199. The van der Waals surface area contributed by atoms with Crippen molar-refractivity contribution in [2.75, 3.05) is 10.5 Å². The number of nitrogen functional groups attached to an aromatic ring is 1. The minimum atomic E-state index is -3.66. The first kappa shape index (κ1) is 14.3. The maximum atomic E-state index is 12.5. The second kappa shape index (κ2) is 5.13. The van der Waals surface area contributed by atoms with Crippen molar-refractivity contribution in [3.8, 4) is 0 Å². The predicted octanol–water partition coefficient (Wildman–Crippen LogP) is 2.39. The fourth-order valence-corrected chi connectivity index (χ4v) is 3.36. The van der Waals surface area contributed by atoms with Crippen LogP contribution < -0.4 is 10.5 Å². The van der Waals surface area contributed by atoms with Gasteiger partial charge in [0.05, 0.1) is 10.6 Å². The van der Waals surface area contributed by atoms with Crippen molar-refractivity contribution in [1.82, 2.24) is 4.98 Å². The van der Waals surface area contributed by atoms with Gasteiger partial charge in [-0.15, -0.1) is 0 Å². The third-order valence-corrected chi connectivity index (χ3v) is 4.49. The molecule has 106 valence electrons. The zero-order valence-electron chi connectivity index (χ0n) is 11.6. The summed E-state index contributed by atoms with van der Waals surface area (Å²) in [6.45, 7) is 5.31. The van der Waals surface area contributed by atoms with E-state index in [1.54, 1.807) is 44.3 Å². The summed E-state index contributed by atoms with van der Waals surface area (Å²) < 4.78 is 27.4. The van der Waals surface area contributed by atoms with E-state index in [1.165, 1.54) is 0 Å². The number of nitrogens with two attached hydrogens (primary N) is 1. The normalized spacial score (nSPS) is 11.3. The highest BCUT2D eigenvalue weighted by atomic mass is 32.2. The number of nitrogens with zero attached hydrogens (tertiary/aromatic N) is 1. The van der Waals surface area contributed by atoms with Crippen LogP contribution in [0.5, 0.6) is 0 Å². The Bertz CT molecular complexity index is 755. The molecule has 0 saturated carbocycles. The molecule has 0 amide bonds. The molecule has 2 aromatic rings. The number of hydrogen-bond acceptors (Lipinski definition) is 4. The van der Waals surface area contributed by atoms with E-state index in [1.807, 2.05) is 6.92 Å². The second-order valence-electron chi connectivity index (χ2n) is 4.77. The molecule has 0 spiro atoms. The van der Waals surface area contributed by atoms with Gasteiger partial charge in [0.1, 0.15) is 0 Å². The van der Waals surface area contributed by atoms with Gasteiger partial charge in [0.25, 0.3) is 10.0 Å². The molecule has 0 fully saturated rings. The van der Waals surface area contributed by atoms with Crippen LogP contribution in [0.25, 0.3) is 0 Å². The van der Waals surface area contributed by atoms with E-state index in [4.69, 9.17) is 5.73 Å². The maximum Gasteiger partial charge on any atom is 0.262 e. The average Bonchev–Trinajstić information content (AvgIpc) is 2.33. The average molecular weight is 291 g/mol. The van der Waals surface area contributed by atoms with Gasteiger partial charge in [0, 0.05) is 17.6 Å². The number of sulfonamides is 1.